The molecule has 3 aromatic rings. The van der Waals surface area contributed by atoms with Gasteiger partial charge in [0.25, 0.3) is 0 Å². The molecule has 1 fully saturated rings. The summed E-state index contributed by atoms with van der Waals surface area (Å²) in [7, 11) is 1.62. The molecule has 0 radical (unpaired) electrons. The van der Waals surface area contributed by atoms with Crippen LogP contribution in [0.1, 0.15) is 42.9 Å². The lowest BCUT2D eigenvalue weighted by Crippen LogP contribution is -2.41. The highest BCUT2D eigenvalue weighted by molar-refractivity contribution is 5.83. The van der Waals surface area contributed by atoms with Crippen LogP contribution in [0, 0.1) is 23.7 Å². The van der Waals surface area contributed by atoms with Gasteiger partial charge in [-0.15, -0.1) is 0 Å². The number of methoxy groups -OCH3 is 1. The summed E-state index contributed by atoms with van der Waals surface area (Å²) in [5.74, 6) is 6.43. The molecule has 1 aliphatic heterocycles. The molecule has 35 heavy (non-hydrogen) atoms. The van der Waals surface area contributed by atoms with Crippen LogP contribution in [0.2, 0.25) is 0 Å². The molecule has 1 saturated heterocycles. The number of carboxylic acid groups (broad SMARTS) is 1. The molecule has 2 aromatic heterocycles. The molecular formula is C27H30N4O4. The number of hydrogen-bond donors (Lipinski definition) is 2. The van der Waals surface area contributed by atoms with E-state index in [0.29, 0.717) is 19.5 Å². The quantitative estimate of drug-likeness (QED) is 0.479. The average Bonchev–Trinajstić information content (AvgIpc) is 2.87. The maximum Gasteiger partial charge on any atom is 0.303 e. The number of aliphatic hydroxyl groups is 1. The molecule has 0 spiro atoms. The van der Waals surface area contributed by atoms with Gasteiger partial charge in [-0.05, 0) is 73.5 Å². The molecule has 3 heterocycles. The van der Waals surface area contributed by atoms with Gasteiger partial charge in [0, 0.05) is 30.1 Å². The highest BCUT2D eigenvalue weighted by Crippen LogP contribution is 2.34. The number of aliphatic hydroxyl groups excluding tert-OH is 1. The second-order valence-electron chi connectivity index (χ2n) is 8.95. The third kappa shape index (κ3) is 6.53. The monoisotopic (exact) mass is 474 g/mol. The van der Waals surface area contributed by atoms with Crippen molar-refractivity contribution in [3.63, 3.8) is 0 Å². The van der Waals surface area contributed by atoms with Gasteiger partial charge in [0.2, 0.25) is 0 Å². The summed E-state index contributed by atoms with van der Waals surface area (Å²) in [5.41, 5.74) is 2.44. The van der Waals surface area contributed by atoms with Crippen LogP contribution in [0.15, 0.2) is 48.9 Å². The molecule has 1 aliphatic rings. The molecule has 1 aromatic carbocycles. The van der Waals surface area contributed by atoms with Crippen LogP contribution in [0.3, 0.4) is 0 Å². The van der Waals surface area contributed by atoms with E-state index in [9.17, 15) is 15.0 Å². The van der Waals surface area contributed by atoms with E-state index in [0.717, 1.165) is 47.2 Å². The number of rotatable bonds is 8. The van der Waals surface area contributed by atoms with E-state index in [1.54, 1.807) is 25.7 Å². The second-order valence-corrected chi connectivity index (χ2v) is 8.95. The molecule has 0 amide bonds. The van der Waals surface area contributed by atoms with Crippen molar-refractivity contribution >= 4 is 16.9 Å². The van der Waals surface area contributed by atoms with Crippen LogP contribution in [-0.2, 0) is 4.79 Å². The number of aromatic nitrogens is 3. The average molecular weight is 475 g/mol. The Bertz CT molecular complexity index is 1210. The van der Waals surface area contributed by atoms with Crippen LogP contribution in [0.4, 0.5) is 0 Å². The third-order valence-corrected chi connectivity index (χ3v) is 6.68. The SMILES string of the molecule is COc1ccc2nccc([C@@H](O)CC[C@@H]3CCN(CC#Cc4ccnnc4)C[C@@H]3CC(=O)O)c2c1. The summed E-state index contributed by atoms with van der Waals surface area (Å²) in [4.78, 5) is 18.2. The van der Waals surface area contributed by atoms with Crippen molar-refractivity contribution in [2.45, 2.75) is 31.8 Å². The fraction of sp³-hybridized carbons (Fsp3) is 0.407. The third-order valence-electron chi connectivity index (χ3n) is 6.68. The van der Waals surface area contributed by atoms with Gasteiger partial charge in [-0.3, -0.25) is 14.7 Å². The number of likely N-dealkylation sites (tertiary alicyclic amines) is 1. The molecule has 182 valence electrons. The highest BCUT2D eigenvalue weighted by atomic mass is 16.5. The number of aliphatic carboxylic acids is 1. The smallest absolute Gasteiger partial charge is 0.303 e. The van der Waals surface area contributed by atoms with Crippen molar-refractivity contribution in [3.8, 4) is 17.6 Å². The zero-order chi connectivity index (χ0) is 24.6. The molecule has 2 N–H and O–H groups in total. The fourth-order valence-corrected chi connectivity index (χ4v) is 4.84. The lowest BCUT2D eigenvalue weighted by atomic mass is 9.79. The Kier molecular flexibility index (Phi) is 8.24. The normalized spacial score (nSPS) is 19.0. The summed E-state index contributed by atoms with van der Waals surface area (Å²) >= 11 is 0. The number of piperidine rings is 1. The van der Waals surface area contributed by atoms with Crippen molar-refractivity contribution in [2.24, 2.45) is 11.8 Å². The van der Waals surface area contributed by atoms with Gasteiger partial charge in [0.05, 0.1) is 37.7 Å². The zero-order valence-electron chi connectivity index (χ0n) is 19.8. The number of pyridine rings is 1. The summed E-state index contributed by atoms with van der Waals surface area (Å²) < 4.78 is 5.34. The van der Waals surface area contributed by atoms with E-state index in [-0.39, 0.29) is 18.3 Å². The van der Waals surface area contributed by atoms with Gasteiger partial charge < -0.3 is 14.9 Å². The van der Waals surface area contributed by atoms with Gasteiger partial charge in [-0.2, -0.15) is 10.2 Å². The molecule has 8 heteroatoms. The fourth-order valence-electron chi connectivity index (χ4n) is 4.84. The summed E-state index contributed by atoms with van der Waals surface area (Å²) in [6, 6.07) is 9.30. The van der Waals surface area contributed by atoms with Gasteiger partial charge >= 0.3 is 5.97 Å². The van der Waals surface area contributed by atoms with E-state index in [1.807, 2.05) is 30.3 Å². The van der Waals surface area contributed by atoms with Crippen LogP contribution in [0.25, 0.3) is 10.9 Å². The van der Waals surface area contributed by atoms with Crippen LogP contribution >= 0.6 is 0 Å². The number of carbonyl (C=O) groups is 1. The van der Waals surface area contributed by atoms with Crippen molar-refractivity contribution in [2.75, 3.05) is 26.7 Å². The number of nitrogens with zero attached hydrogens (tertiary/aromatic N) is 4. The predicted octanol–water partition coefficient (Wildman–Crippen LogP) is 3.31. The molecule has 0 bridgehead atoms. The maximum absolute atomic E-state index is 11.6. The van der Waals surface area contributed by atoms with Crippen LogP contribution in [-0.4, -0.2) is 63.0 Å². The first-order valence-corrected chi connectivity index (χ1v) is 11.8. The van der Waals surface area contributed by atoms with Gasteiger partial charge in [0.1, 0.15) is 5.75 Å². The minimum absolute atomic E-state index is 0.0205. The Hall–Kier alpha value is -3.54. The Morgan fingerprint density at radius 3 is 2.89 bits per heavy atom. The predicted molar refractivity (Wildman–Crippen MR) is 132 cm³/mol. The van der Waals surface area contributed by atoms with Crippen molar-refractivity contribution in [3.05, 3.63) is 60.0 Å². The first-order chi connectivity index (χ1) is 17.0. The molecule has 0 unspecified atom stereocenters. The molecular weight excluding hydrogens is 444 g/mol. The molecule has 0 aliphatic carbocycles. The number of ether oxygens (including phenoxy) is 1. The largest absolute Gasteiger partial charge is 0.497 e. The van der Waals surface area contributed by atoms with Crippen LogP contribution < -0.4 is 4.74 Å². The molecule has 8 nitrogen and oxygen atoms in total. The van der Waals surface area contributed by atoms with E-state index < -0.39 is 12.1 Å². The lowest BCUT2D eigenvalue weighted by molar-refractivity contribution is -0.139. The molecule has 4 rings (SSSR count). The lowest BCUT2D eigenvalue weighted by Gasteiger charge is -2.37. The first kappa shape index (κ1) is 24.6. The zero-order valence-corrected chi connectivity index (χ0v) is 19.8. The van der Waals surface area contributed by atoms with E-state index in [1.165, 1.54) is 0 Å². The highest BCUT2D eigenvalue weighted by Gasteiger charge is 2.31. The minimum Gasteiger partial charge on any atom is -0.497 e. The summed E-state index contributed by atoms with van der Waals surface area (Å²) in [6.45, 7) is 2.12. The van der Waals surface area contributed by atoms with Crippen molar-refractivity contribution < 1.29 is 19.7 Å². The Morgan fingerprint density at radius 1 is 1.23 bits per heavy atom. The standard InChI is InChI=1S/C27H30N4O4/c1-35-22-5-6-25-24(16-22)23(9-11-28-25)26(32)7-4-20-10-14-31(18-21(20)15-27(33)34)13-2-3-19-8-12-29-30-17-19/h5-6,8-9,11-12,16-17,20-21,26,32H,4,7,10,13-15,18H2,1H3,(H,33,34)/t20-,21+,26+/m1/s1. The Labute approximate surface area is 205 Å². The van der Waals surface area contributed by atoms with Gasteiger partial charge in [-0.25, -0.2) is 0 Å². The number of benzene rings is 1. The van der Waals surface area contributed by atoms with Gasteiger partial charge in [0.15, 0.2) is 0 Å². The summed E-state index contributed by atoms with van der Waals surface area (Å²) in [5, 5.41) is 29.0. The van der Waals surface area contributed by atoms with Crippen molar-refractivity contribution in [1.29, 1.82) is 0 Å². The maximum atomic E-state index is 11.6. The van der Waals surface area contributed by atoms with E-state index in [4.69, 9.17) is 4.74 Å². The van der Waals surface area contributed by atoms with E-state index in [2.05, 4.69) is 31.9 Å². The van der Waals surface area contributed by atoms with Crippen molar-refractivity contribution in [1.82, 2.24) is 20.1 Å². The molecule has 3 atom stereocenters. The first-order valence-electron chi connectivity index (χ1n) is 11.8. The van der Waals surface area contributed by atoms with Gasteiger partial charge in [-0.1, -0.05) is 11.8 Å². The summed E-state index contributed by atoms with van der Waals surface area (Å²) in [6.07, 6.45) is 6.61. The Balaban J connectivity index is 1.39. The van der Waals surface area contributed by atoms with E-state index >= 15 is 0 Å². The second kappa shape index (κ2) is 11.7. The number of fused-ring (bicyclic) bond motifs is 1. The number of hydrogen-bond acceptors (Lipinski definition) is 7. The van der Waals surface area contributed by atoms with Crippen LogP contribution in [0.5, 0.6) is 5.75 Å². The number of carboxylic acids is 1. The Morgan fingerprint density at radius 2 is 2.11 bits per heavy atom. The molecule has 0 saturated carbocycles. The topological polar surface area (TPSA) is 109 Å². The minimum atomic E-state index is -0.788.